The van der Waals surface area contributed by atoms with Crippen LogP contribution >= 0.6 is 0 Å². The minimum atomic E-state index is -2.34. The van der Waals surface area contributed by atoms with E-state index in [1.54, 1.807) is 7.05 Å². The predicted octanol–water partition coefficient (Wildman–Crippen LogP) is 0.861. The molecule has 1 N–H and O–H groups in total. The number of hydrogen-bond donors (Lipinski definition) is 1. The lowest BCUT2D eigenvalue weighted by atomic mass is 10.4. The van der Waals surface area contributed by atoms with Crippen LogP contribution < -0.4 is 5.32 Å². The Morgan fingerprint density at radius 2 is 2.25 bits per heavy atom. The van der Waals surface area contributed by atoms with Gasteiger partial charge in [0.1, 0.15) is 0 Å². The average molecular weight is 121 g/mol. The van der Waals surface area contributed by atoms with Crippen molar-refractivity contribution in [1.82, 2.24) is 5.32 Å². The van der Waals surface area contributed by atoms with Gasteiger partial charge in [0.2, 0.25) is 0 Å². The molecule has 1 aliphatic carbocycles. The molecule has 3 heteroatoms. The lowest BCUT2D eigenvalue weighted by Crippen LogP contribution is -2.13. The van der Waals surface area contributed by atoms with Crippen molar-refractivity contribution in [1.29, 1.82) is 0 Å². The first-order chi connectivity index (χ1) is 3.67. The highest BCUT2D eigenvalue weighted by Crippen LogP contribution is 2.47. The topological polar surface area (TPSA) is 12.0 Å². The molecule has 0 spiro atoms. The minimum absolute atomic E-state index is 0.0772. The van der Waals surface area contributed by atoms with Gasteiger partial charge in [-0.3, -0.25) is 0 Å². The van der Waals surface area contributed by atoms with Crippen molar-refractivity contribution in [3.8, 4) is 0 Å². The summed E-state index contributed by atoms with van der Waals surface area (Å²) in [6.45, 7) is 0.451. The Morgan fingerprint density at radius 1 is 1.75 bits per heavy atom. The van der Waals surface area contributed by atoms with Crippen molar-refractivity contribution in [3.05, 3.63) is 0 Å². The molecule has 0 saturated heterocycles. The lowest BCUT2D eigenvalue weighted by Gasteiger charge is -1.93. The van der Waals surface area contributed by atoms with Gasteiger partial charge < -0.3 is 5.32 Å². The zero-order chi connectivity index (χ0) is 6.20. The van der Waals surface area contributed by atoms with Crippen LogP contribution in [0.5, 0.6) is 0 Å². The van der Waals surface area contributed by atoms with Crippen molar-refractivity contribution in [2.45, 2.75) is 12.3 Å². The fourth-order valence-corrected chi connectivity index (χ4v) is 0.737. The standard InChI is InChI=1S/C5H9F2N/c1-8-3-4-2-5(4,6)7/h4,8H,2-3H2,1H3/t4-/m0/s1. The van der Waals surface area contributed by atoms with Crippen molar-refractivity contribution in [3.63, 3.8) is 0 Å². The van der Waals surface area contributed by atoms with E-state index in [0.29, 0.717) is 6.54 Å². The Balaban J connectivity index is 2.17. The van der Waals surface area contributed by atoms with Gasteiger partial charge in [0, 0.05) is 18.9 Å². The first kappa shape index (κ1) is 5.95. The molecule has 0 amide bonds. The summed E-state index contributed by atoms with van der Waals surface area (Å²) in [6.07, 6.45) is 0.0772. The summed E-state index contributed by atoms with van der Waals surface area (Å²) in [7, 11) is 1.69. The zero-order valence-corrected chi connectivity index (χ0v) is 4.75. The van der Waals surface area contributed by atoms with Crippen LogP contribution in [0.15, 0.2) is 0 Å². The molecule has 0 heterocycles. The summed E-state index contributed by atoms with van der Waals surface area (Å²) in [6, 6.07) is 0. The van der Waals surface area contributed by atoms with Gasteiger partial charge in [-0.05, 0) is 7.05 Å². The van der Waals surface area contributed by atoms with E-state index in [-0.39, 0.29) is 12.3 Å². The molecule has 0 unspecified atom stereocenters. The van der Waals surface area contributed by atoms with E-state index in [1.165, 1.54) is 0 Å². The second-order valence-electron chi connectivity index (χ2n) is 2.22. The van der Waals surface area contributed by atoms with E-state index in [2.05, 4.69) is 5.32 Å². The van der Waals surface area contributed by atoms with Gasteiger partial charge in [0.05, 0.1) is 0 Å². The van der Waals surface area contributed by atoms with Crippen LogP contribution in [0.4, 0.5) is 8.78 Å². The second-order valence-corrected chi connectivity index (χ2v) is 2.22. The molecular formula is C5H9F2N. The van der Waals surface area contributed by atoms with Crippen molar-refractivity contribution in [2.24, 2.45) is 5.92 Å². The molecule has 1 fully saturated rings. The molecule has 8 heavy (non-hydrogen) atoms. The molecule has 1 nitrogen and oxygen atoms in total. The summed E-state index contributed by atoms with van der Waals surface area (Å²) in [5, 5.41) is 2.71. The largest absolute Gasteiger partial charge is 0.319 e. The number of nitrogens with one attached hydrogen (secondary N) is 1. The molecule has 48 valence electrons. The van der Waals surface area contributed by atoms with Gasteiger partial charge in [-0.25, -0.2) is 8.78 Å². The third-order valence-electron chi connectivity index (χ3n) is 1.41. The molecule has 1 saturated carbocycles. The molecule has 0 aliphatic heterocycles. The van der Waals surface area contributed by atoms with Crippen LogP contribution in [0.25, 0.3) is 0 Å². The molecule has 0 aromatic heterocycles. The molecule has 0 aromatic rings. The lowest BCUT2D eigenvalue weighted by molar-refractivity contribution is 0.0991. The fourth-order valence-electron chi connectivity index (χ4n) is 0.737. The second kappa shape index (κ2) is 1.65. The Kier molecular flexibility index (Phi) is 1.23. The summed E-state index contributed by atoms with van der Waals surface area (Å²) in [5.74, 6) is -2.73. The monoisotopic (exact) mass is 121 g/mol. The van der Waals surface area contributed by atoms with Crippen molar-refractivity contribution >= 4 is 0 Å². The fraction of sp³-hybridized carbons (Fsp3) is 1.00. The first-order valence-corrected chi connectivity index (χ1v) is 2.69. The normalized spacial score (nSPS) is 32.6. The predicted molar refractivity (Wildman–Crippen MR) is 27.0 cm³/mol. The van der Waals surface area contributed by atoms with Crippen LogP contribution in [0, 0.1) is 5.92 Å². The third-order valence-corrected chi connectivity index (χ3v) is 1.41. The average Bonchev–Trinajstić information content (AvgIpc) is 2.15. The first-order valence-electron chi connectivity index (χ1n) is 2.69. The van der Waals surface area contributed by atoms with E-state index in [4.69, 9.17) is 0 Å². The highest BCUT2D eigenvalue weighted by molar-refractivity contribution is 4.95. The number of halogens is 2. The molecule has 1 atom stereocenters. The Bertz CT molecular complexity index is 92.4. The molecule has 1 rings (SSSR count). The van der Waals surface area contributed by atoms with Crippen LogP contribution in [0.1, 0.15) is 6.42 Å². The smallest absolute Gasteiger partial charge is 0.252 e. The van der Waals surface area contributed by atoms with Crippen molar-refractivity contribution in [2.75, 3.05) is 13.6 Å². The van der Waals surface area contributed by atoms with Crippen LogP contribution in [-0.4, -0.2) is 19.5 Å². The zero-order valence-electron chi connectivity index (χ0n) is 4.75. The minimum Gasteiger partial charge on any atom is -0.319 e. The summed E-state index contributed by atoms with van der Waals surface area (Å²) < 4.78 is 23.9. The Morgan fingerprint density at radius 3 is 2.38 bits per heavy atom. The number of rotatable bonds is 2. The summed E-state index contributed by atoms with van der Waals surface area (Å²) >= 11 is 0. The third kappa shape index (κ3) is 0.968. The van der Waals surface area contributed by atoms with Crippen molar-refractivity contribution < 1.29 is 8.78 Å². The van der Waals surface area contributed by atoms with Gasteiger partial charge >= 0.3 is 0 Å². The molecule has 0 aromatic carbocycles. The van der Waals surface area contributed by atoms with Crippen LogP contribution in [0.3, 0.4) is 0 Å². The maximum Gasteiger partial charge on any atom is 0.252 e. The maximum atomic E-state index is 11.9. The molecule has 1 aliphatic rings. The quantitative estimate of drug-likeness (QED) is 0.571. The van der Waals surface area contributed by atoms with Gasteiger partial charge in [0.15, 0.2) is 0 Å². The molecule has 0 bridgehead atoms. The van der Waals surface area contributed by atoms with E-state index in [9.17, 15) is 8.78 Å². The Hall–Kier alpha value is -0.180. The van der Waals surface area contributed by atoms with Gasteiger partial charge in [-0.1, -0.05) is 0 Å². The Labute approximate surface area is 47.1 Å². The molecular weight excluding hydrogens is 112 g/mol. The van der Waals surface area contributed by atoms with Crippen LogP contribution in [-0.2, 0) is 0 Å². The van der Waals surface area contributed by atoms with E-state index in [1.807, 2.05) is 0 Å². The number of alkyl halides is 2. The van der Waals surface area contributed by atoms with E-state index in [0.717, 1.165) is 0 Å². The van der Waals surface area contributed by atoms with Gasteiger partial charge in [-0.15, -0.1) is 0 Å². The van der Waals surface area contributed by atoms with Gasteiger partial charge in [0.25, 0.3) is 5.92 Å². The number of hydrogen-bond acceptors (Lipinski definition) is 1. The highest BCUT2D eigenvalue weighted by atomic mass is 19.3. The van der Waals surface area contributed by atoms with Gasteiger partial charge in [-0.2, -0.15) is 0 Å². The summed E-state index contributed by atoms with van der Waals surface area (Å²) in [5.41, 5.74) is 0. The SMILES string of the molecule is CNC[C@@H]1CC1(F)F. The van der Waals surface area contributed by atoms with E-state index < -0.39 is 5.92 Å². The highest BCUT2D eigenvalue weighted by Gasteiger charge is 2.55. The maximum absolute atomic E-state index is 11.9. The molecule has 0 radical (unpaired) electrons. The van der Waals surface area contributed by atoms with E-state index >= 15 is 0 Å². The van der Waals surface area contributed by atoms with Crippen LogP contribution in [0.2, 0.25) is 0 Å². The summed E-state index contributed by atoms with van der Waals surface area (Å²) in [4.78, 5) is 0.